The maximum absolute atomic E-state index is 12.0. The van der Waals surface area contributed by atoms with Gasteiger partial charge in [-0.05, 0) is 47.9 Å². The van der Waals surface area contributed by atoms with E-state index in [4.69, 9.17) is 4.74 Å². The summed E-state index contributed by atoms with van der Waals surface area (Å²) in [6, 6.07) is 36.0. The molecule has 5 heteroatoms. The summed E-state index contributed by atoms with van der Waals surface area (Å²) in [5, 5.41) is 9.81. The molecule has 1 heterocycles. The fraction of sp³-hybridized carbons (Fsp3) is 0.242. The van der Waals surface area contributed by atoms with E-state index in [1.54, 1.807) is 12.1 Å². The van der Waals surface area contributed by atoms with Crippen molar-refractivity contribution >= 4 is 6.29 Å². The molecular weight excluding hydrogens is 472 g/mol. The van der Waals surface area contributed by atoms with Crippen LogP contribution < -0.4 is 4.74 Å². The molecule has 0 spiro atoms. The SMILES string of the molecule is O=CC[C@H](c1ccccc1Oc1ccccc1)N1CCN(Cc2ccccc2)CC1Cc1ccc(O)cc1. The number of rotatable bonds is 10. The monoisotopic (exact) mass is 506 g/mol. The average molecular weight is 507 g/mol. The molecule has 0 saturated carbocycles. The zero-order valence-corrected chi connectivity index (χ0v) is 21.5. The van der Waals surface area contributed by atoms with Crippen LogP contribution in [-0.4, -0.2) is 46.9 Å². The fourth-order valence-corrected chi connectivity index (χ4v) is 5.41. The molecular formula is C33H34N2O3. The van der Waals surface area contributed by atoms with Crippen molar-refractivity contribution in [3.63, 3.8) is 0 Å². The number of aromatic hydroxyl groups is 1. The van der Waals surface area contributed by atoms with Crippen molar-refractivity contribution in [3.8, 4) is 17.2 Å². The number of carbonyl (C=O) groups excluding carboxylic acids is 1. The molecule has 4 aromatic carbocycles. The Hall–Kier alpha value is -3.93. The van der Waals surface area contributed by atoms with Gasteiger partial charge in [0, 0.05) is 50.2 Å². The lowest BCUT2D eigenvalue weighted by molar-refractivity contribution is -0.109. The predicted octanol–water partition coefficient (Wildman–Crippen LogP) is 6.24. The second-order valence-electron chi connectivity index (χ2n) is 9.85. The molecule has 0 bridgehead atoms. The highest BCUT2D eigenvalue weighted by Crippen LogP contribution is 2.37. The molecule has 1 N–H and O–H groups in total. The van der Waals surface area contributed by atoms with E-state index in [0.717, 1.165) is 61.5 Å². The van der Waals surface area contributed by atoms with Gasteiger partial charge < -0.3 is 14.6 Å². The highest BCUT2D eigenvalue weighted by molar-refractivity contribution is 5.53. The number of phenolic OH excluding ortho intramolecular Hbond substituents is 1. The third-order valence-corrected chi connectivity index (χ3v) is 7.24. The quantitative estimate of drug-likeness (QED) is 0.258. The van der Waals surface area contributed by atoms with Gasteiger partial charge in [0.1, 0.15) is 23.5 Å². The maximum atomic E-state index is 12.0. The summed E-state index contributed by atoms with van der Waals surface area (Å²) >= 11 is 0. The molecule has 1 aliphatic heterocycles. The first-order chi connectivity index (χ1) is 18.7. The summed E-state index contributed by atoms with van der Waals surface area (Å²) < 4.78 is 6.31. The van der Waals surface area contributed by atoms with Gasteiger partial charge in [0.2, 0.25) is 0 Å². The van der Waals surface area contributed by atoms with Gasteiger partial charge in [-0.3, -0.25) is 9.80 Å². The molecule has 0 radical (unpaired) electrons. The van der Waals surface area contributed by atoms with Crippen molar-refractivity contribution in [3.05, 3.63) is 126 Å². The van der Waals surface area contributed by atoms with Crippen molar-refractivity contribution < 1.29 is 14.6 Å². The number of carbonyl (C=O) groups is 1. The predicted molar refractivity (Wildman–Crippen MR) is 150 cm³/mol. The van der Waals surface area contributed by atoms with E-state index in [0.29, 0.717) is 6.42 Å². The van der Waals surface area contributed by atoms with Crippen LogP contribution in [0, 0.1) is 0 Å². The number of nitrogens with zero attached hydrogens (tertiary/aromatic N) is 2. The Labute approximate surface area is 224 Å². The molecule has 1 unspecified atom stereocenters. The normalized spacial score (nSPS) is 17.1. The minimum atomic E-state index is -0.103. The van der Waals surface area contributed by atoms with E-state index >= 15 is 0 Å². The molecule has 5 nitrogen and oxygen atoms in total. The Morgan fingerprint density at radius 3 is 2.24 bits per heavy atom. The van der Waals surface area contributed by atoms with Crippen LogP contribution in [0.25, 0.3) is 0 Å². The minimum absolute atomic E-state index is 0.103. The summed E-state index contributed by atoms with van der Waals surface area (Å²) in [5.41, 5.74) is 3.49. The summed E-state index contributed by atoms with van der Waals surface area (Å²) in [6.07, 6.45) is 2.24. The number of ether oxygens (including phenoxy) is 1. The van der Waals surface area contributed by atoms with Crippen molar-refractivity contribution in [2.45, 2.75) is 31.5 Å². The smallest absolute Gasteiger partial charge is 0.132 e. The number of benzene rings is 4. The van der Waals surface area contributed by atoms with Crippen LogP contribution in [0.4, 0.5) is 0 Å². The maximum Gasteiger partial charge on any atom is 0.132 e. The number of phenols is 1. The lowest BCUT2D eigenvalue weighted by atomic mass is 9.94. The van der Waals surface area contributed by atoms with Crippen LogP contribution in [0.2, 0.25) is 0 Å². The molecule has 0 aliphatic carbocycles. The van der Waals surface area contributed by atoms with Gasteiger partial charge >= 0.3 is 0 Å². The first-order valence-corrected chi connectivity index (χ1v) is 13.2. The second-order valence-corrected chi connectivity index (χ2v) is 9.85. The third kappa shape index (κ3) is 6.49. The minimum Gasteiger partial charge on any atom is -0.508 e. The van der Waals surface area contributed by atoms with Crippen LogP contribution in [0.1, 0.15) is 29.2 Å². The third-order valence-electron chi connectivity index (χ3n) is 7.24. The molecule has 1 aliphatic rings. The second kappa shape index (κ2) is 12.5. The van der Waals surface area contributed by atoms with Crippen LogP contribution in [-0.2, 0) is 17.8 Å². The van der Waals surface area contributed by atoms with Gasteiger partial charge in [0.15, 0.2) is 0 Å². The number of piperazine rings is 1. The number of hydrogen-bond acceptors (Lipinski definition) is 5. The van der Waals surface area contributed by atoms with Crippen molar-refractivity contribution in [1.29, 1.82) is 0 Å². The summed E-state index contributed by atoms with van der Waals surface area (Å²) in [7, 11) is 0. The van der Waals surface area contributed by atoms with Crippen LogP contribution in [0.15, 0.2) is 109 Å². The molecule has 0 amide bonds. The molecule has 38 heavy (non-hydrogen) atoms. The largest absolute Gasteiger partial charge is 0.508 e. The van der Waals surface area contributed by atoms with E-state index < -0.39 is 0 Å². The molecule has 0 aromatic heterocycles. The molecule has 1 saturated heterocycles. The van der Waals surface area contributed by atoms with Crippen LogP contribution in [0.3, 0.4) is 0 Å². The van der Waals surface area contributed by atoms with Gasteiger partial charge in [-0.2, -0.15) is 0 Å². The Morgan fingerprint density at radius 2 is 1.50 bits per heavy atom. The van der Waals surface area contributed by atoms with Gasteiger partial charge in [-0.25, -0.2) is 0 Å². The fourth-order valence-electron chi connectivity index (χ4n) is 5.41. The highest BCUT2D eigenvalue weighted by Gasteiger charge is 2.34. The Balaban J connectivity index is 1.44. The summed E-state index contributed by atoms with van der Waals surface area (Å²) in [6.45, 7) is 3.53. The molecule has 5 rings (SSSR count). The first-order valence-electron chi connectivity index (χ1n) is 13.2. The zero-order chi connectivity index (χ0) is 26.2. The zero-order valence-electron chi connectivity index (χ0n) is 21.5. The number of para-hydroxylation sites is 2. The first kappa shape index (κ1) is 25.7. The van der Waals surface area contributed by atoms with Gasteiger partial charge in [-0.1, -0.05) is 78.9 Å². The van der Waals surface area contributed by atoms with E-state index in [1.165, 1.54) is 5.56 Å². The van der Waals surface area contributed by atoms with E-state index in [2.05, 4.69) is 40.1 Å². The van der Waals surface area contributed by atoms with Crippen molar-refractivity contribution in [2.24, 2.45) is 0 Å². The summed E-state index contributed by atoms with van der Waals surface area (Å²) in [5.74, 6) is 1.82. The van der Waals surface area contributed by atoms with E-state index in [1.807, 2.05) is 66.7 Å². The van der Waals surface area contributed by atoms with Crippen molar-refractivity contribution in [1.82, 2.24) is 9.80 Å². The van der Waals surface area contributed by atoms with Gasteiger partial charge in [-0.15, -0.1) is 0 Å². The molecule has 1 fully saturated rings. The van der Waals surface area contributed by atoms with Gasteiger partial charge in [0.25, 0.3) is 0 Å². The average Bonchev–Trinajstić information content (AvgIpc) is 2.95. The number of aldehydes is 1. The Morgan fingerprint density at radius 1 is 0.816 bits per heavy atom. The summed E-state index contributed by atoms with van der Waals surface area (Å²) in [4.78, 5) is 17.0. The number of hydrogen-bond donors (Lipinski definition) is 1. The Kier molecular flexibility index (Phi) is 8.49. The lowest BCUT2D eigenvalue weighted by Gasteiger charge is -2.45. The Bertz CT molecular complexity index is 1290. The lowest BCUT2D eigenvalue weighted by Crippen LogP contribution is -2.54. The van der Waals surface area contributed by atoms with E-state index in [9.17, 15) is 9.90 Å². The topological polar surface area (TPSA) is 53.0 Å². The van der Waals surface area contributed by atoms with Crippen LogP contribution >= 0.6 is 0 Å². The molecule has 194 valence electrons. The molecule has 2 atom stereocenters. The van der Waals surface area contributed by atoms with Gasteiger partial charge in [0.05, 0.1) is 0 Å². The van der Waals surface area contributed by atoms with Crippen LogP contribution in [0.5, 0.6) is 17.2 Å². The standard InChI is InChI=1S/C33H34N2O3/c36-22-19-32(31-13-7-8-14-33(31)38-30-11-5-2-6-12-30)35-21-20-34(24-27-9-3-1-4-10-27)25-28(35)23-26-15-17-29(37)18-16-26/h1-18,22,28,32,37H,19-21,23-25H2/t28?,32-/m1/s1. The highest BCUT2D eigenvalue weighted by atomic mass is 16.5. The molecule has 4 aromatic rings. The van der Waals surface area contributed by atoms with E-state index in [-0.39, 0.29) is 17.8 Å². The van der Waals surface area contributed by atoms with Crippen molar-refractivity contribution in [2.75, 3.05) is 19.6 Å².